The number of rotatable bonds is 7. The molecule has 16 heavy (non-hydrogen) atoms. The van der Waals surface area contributed by atoms with Gasteiger partial charge in [0.25, 0.3) is 0 Å². The van der Waals surface area contributed by atoms with Crippen molar-refractivity contribution in [2.75, 3.05) is 0 Å². The predicted octanol–water partition coefficient (Wildman–Crippen LogP) is 2.74. The summed E-state index contributed by atoms with van der Waals surface area (Å²) in [6.07, 6.45) is 1.85. The van der Waals surface area contributed by atoms with Gasteiger partial charge in [-0.15, -0.1) is 0 Å². The molecule has 0 aromatic heterocycles. The van der Waals surface area contributed by atoms with E-state index in [0.29, 0.717) is 12.0 Å². The minimum atomic E-state index is -0.162. The highest BCUT2D eigenvalue weighted by atomic mass is 16.5. The minimum Gasteiger partial charge on any atom is -0.462 e. The monoisotopic (exact) mass is 229 g/mol. The highest BCUT2D eigenvalue weighted by Crippen LogP contribution is 2.09. The lowest BCUT2D eigenvalue weighted by atomic mass is 10.0. The second kappa shape index (κ2) is 7.66. The molecule has 0 aliphatic carbocycles. The second-order valence-corrected chi connectivity index (χ2v) is 5.33. The van der Waals surface area contributed by atoms with Crippen LogP contribution >= 0.6 is 0 Å². The van der Waals surface area contributed by atoms with Gasteiger partial charge in [-0.25, -0.2) is 0 Å². The molecule has 0 fully saturated rings. The van der Waals surface area contributed by atoms with Crippen LogP contribution in [0.4, 0.5) is 0 Å². The normalized spacial score (nSPS) is 13.6. The van der Waals surface area contributed by atoms with E-state index in [4.69, 9.17) is 4.74 Å². The molecule has 0 aliphatic heterocycles. The Bertz CT molecular complexity index is 200. The van der Waals surface area contributed by atoms with Crippen LogP contribution < -0.4 is 5.32 Å². The lowest BCUT2D eigenvalue weighted by Gasteiger charge is -2.21. The Balaban J connectivity index is 4.23. The standard InChI is InChI=1S/C13H27NO2/c1-9(2)7-8-12(14-10(3)4)13(15)16-11(5)6/h9-12,14H,7-8H2,1-6H3/t12-/m1/s1. The third-order valence-corrected chi connectivity index (χ3v) is 2.20. The Morgan fingerprint density at radius 3 is 2.00 bits per heavy atom. The minimum absolute atomic E-state index is 0.0389. The van der Waals surface area contributed by atoms with Crippen molar-refractivity contribution >= 4 is 5.97 Å². The van der Waals surface area contributed by atoms with Gasteiger partial charge in [0, 0.05) is 6.04 Å². The van der Waals surface area contributed by atoms with Gasteiger partial charge >= 0.3 is 5.97 Å². The molecule has 0 saturated carbocycles. The summed E-state index contributed by atoms with van der Waals surface area (Å²) in [4.78, 5) is 11.8. The highest BCUT2D eigenvalue weighted by Gasteiger charge is 2.21. The Labute approximate surface area is 99.9 Å². The third kappa shape index (κ3) is 7.69. The maximum absolute atomic E-state index is 11.8. The van der Waals surface area contributed by atoms with Crippen molar-refractivity contribution < 1.29 is 9.53 Å². The van der Waals surface area contributed by atoms with E-state index in [1.165, 1.54) is 0 Å². The van der Waals surface area contributed by atoms with Crippen molar-refractivity contribution in [2.45, 2.75) is 72.6 Å². The molecule has 1 atom stereocenters. The zero-order chi connectivity index (χ0) is 12.7. The summed E-state index contributed by atoms with van der Waals surface area (Å²) < 4.78 is 5.24. The van der Waals surface area contributed by atoms with Crippen molar-refractivity contribution in [2.24, 2.45) is 5.92 Å². The molecule has 0 saturated heterocycles. The summed E-state index contributed by atoms with van der Waals surface area (Å²) in [5, 5.41) is 3.27. The van der Waals surface area contributed by atoms with Crippen LogP contribution in [0.2, 0.25) is 0 Å². The van der Waals surface area contributed by atoms with E-state index in [-0.39, 0.29) is 18.1 Å². The first-order valence-corrected chi connectivity index (χ1v) is 6.29. The number of esters is 1. The van der Waals surface area contributed by atoms with Gasteiger partial charge in [-0.3, -0.25) is 4.79 Å². The van der Waals surface area contributed by atoms with E-state index < -0.39 is 0 Å². The average molecular weight is 229 g/mol. The number of hydrogen-bond acceptors (Lipinski definition) is 3. The molecule has 0 rings (SSSR count). The van der Waals surface area contributed by atoms with Crippen LogP contribution in [0.3, 0.4) is 0 Å². The van der Waals surface area contributed by atoms with E-state index in [1.54, 1.807) is 0 Å². The van der Waals surface area contributed by atoms with E-state index in [2.05, 4.69) is 19.2 Å². The zero-order valence-electron chi connectivity index (χ0n) is 11.5. The van der Waals surface area contributed by atoms with Gasteiger partial charge in [0.05, 0.1) is 6.10 Å². The first kappa shape index (κ1) is 15.4. The fourth-order valence-electron chi connectivity index (χ4n) is 1.49. The first-order chi connectivity index (χ1) is 7.32. The summed E-state index contributed by atoms with van der Waals surface area (Å²) in [5.74, 6) is 0.493. The molecule has 0 amide bonds. The predicted molar refractivity (Wildman–Crippen MR) is 67.4 cm³/mol. The van der Waals surface area contributed by atoms with Crippen LogP contribution in [-0.2, 0) is 9.53 Å². The maximum atomic E-state index is 11.8. The van der Waals surface area contributed by atoms with E-state index in [1.807, 2.05) is 27.7 Å². The molecule has 0 heterocycles. The third-order valence-electron chi connectivity index (χ3n) is 2.20. The van der Waals surface area contributed by atoms with Crippen molar-refractivity contribution in [3.63, 3.8) is 0 Å². The van der Waals surface area contributed by atoms with Gasteiger partial charge in [0.2, 0.25) is 0 Å². The van der Waals surface area contributed by atoms with Crippen LogP contribution in [0.25, 0.3) is 0 Å². The molecule has 0 unspecified atom stereocenters. The lowest BCUT2D eigenvalue weighted by molar-refractivity contribution is -0.150. The summed E-state index contributed by atoms with van der Waals surface area (Å²) in [7, 11) is 0. The number of nitrogens with one attached hydrogen (secondary N) is 1. The number of carbonyl (C=O) groups excluding carboxylic acids is 1. The smallest absolute Gasteiger partial charge is 0.323 e. The SMILES string of the molecule is CC(C)CC[C@@H](NC(C)C)C(=O)OC(C)C. The molecule has 0 bridgehead atoms. The molecular weight excluding hydrogens is 202 g/mol. The van der Waals surface area contributed by atoms with Gasteiger partial charge < -0.3 is 10.1 Å². The van der Waals surface area contributed by atoms with Crippen LogP contribution in [0, 0.1) is 5.92 Å². The zero-order valence-corrected chi connectivity index (χ0v) is 11.5. The fraction of sp³-hybridized carbons (Fsp3) is 0.923. The summed E-state index contributed by atoms with van der Waals surface area (Å²) in [6.45, 7) is 12.2. The molecule has 3 heteroatoms. The summed E-state index contributed by atoms with van der Waals surface area (Å²) >= 11 is 0. The van der Waals surface area contributed by atoms with Gasteiger partial charge in [0.1, 0.15) is 6.04 Å². The second-order valence-electron chi connectivity index (χ2n) is 5.33. The van der Waals surface area contributed by atoms with Gasteiger partial charge in [-0.1, -0.05) is 27.7 Å². The van der Waals surface area contributed by atoms with Crippen LogP contribution in [-0.4, -0.2) is 24.2 Å². The molecule has 0 aromatic carbocycles. The Kier molecular flexibility index (Phi) is 7.39. The summed E-state index contributed by atoms with van der Waals surface area (Å²) in [5.41, 5.74) is 0. The van der Waals surface area contributed by atoms with Crippen molar-refractivity contribution in [3.05, 3.63) is 0 Å². The fourth-order valence-corrected chi connectivity index (χ4v) is 1.49. The maximum Gasteiger partial charge on any atom is 0.323 e. The van der Waals surface area contributed by atoms with Crippen molar-refractivity contribution in [3.8, 4) is 0 Å². The average Bonchev–Trinajstić information content (AvgIpc) is 2.09. The van der Waals surface area contributed by atoms with E-state index in [0.717, 1.165) is 12.8 Å². The number of ether oxygens (including phenoxy) is 1. The van der Waals surface area contributed by atoms with Crippen molar-refractivity contribution in [1.82, 2.24) is 5.32 Å². The highest BCUT2D eigenvalue weighted by molar-refractivity contribution is 5.75. The molecule has 0 aliphatic rings. The Morgan fingerprint density at radius 1 is 1.06 bits per heavy atom. The first-order valence-electron chi connectivity index (χ1n) is 6.29. The van der Waals surface area contributed by atoms with Gasteiger partial charge in [-0.05, 0) is 32.6 Å². The van der Waals surface area contributed by atoms with Crippen LogP contribution in [0.1, 0.15) is 54.4 Å². The number of carbonyl (C=O) groups is 1. The van der Waals surface area contributed by atoms with Gasteiger partial charge in [-0.2, -0.15) is 0 Å². The topological polar surface area (TPSA) is 38.3 Å². The molecular formula is C13H27NO2. The number of hydrogen-bond donors (Lipinski definition) is 1. The quantitative estimate of drug-likeness (QED) is 0.682. The van der Waals surface area contributed by atoms with E-state index >= 15 is 0 Å². The molecule has 3 nitrogen and oxygen atoms in total. The van der Waals surface area contributed by atoms with Crippen LogP contribution in [0.15, 0.2) is 0 Å². The van der Waals surface area contributed by atoms with E-state index in [9.17, 15) is 4.79 Å². The molecule has 96 valence electrons. The molecule has 1 N–H and O–H groups in total. The lowest BCUT2D eigenvalue weighted by Crippen LogP contribution is -2.42. The molecule has 0 aromatic rings. The Hall–Kier alpha value is -0.570. The van der Waals surface area contributed by atoms with Crippen molar-refractivity contribution in [1.29, 1.82) is 0 Å². The molecule has 0 spiro atoms. The largest absolute Gasteiger partial charge is 0.462 e. The molecule has 0 radical (unpaired) electrons. The Morgan fingerprint density at radius 2 is 1.62 bits per heavy atom. The summed E-state index contributed by atoms with van der Waals surface area (Å²) in [6, 6.07) is 0.140. The van der Waals surface area contributed by atoms with Crippen LogP contribution in [0.5, 0.6) is 0 Å². The van der Waals surface area contributed by atoms with Gasteiger partial charge in [0.15, 0.2) is 0 Å².